The van der Waals surface area contributed by atoms with E-state index in [1.165, 1.54) is 0 Å². The standard InChI is InChI=1S/C26H26BrNO5/c1-30-22-10-6-7-11-23(22)33-16-21-19-15-25(32-3)24(31-2)14-17(19)12-13-28(21)26(29)18-8-4-5-9-20(18)27/h4-11,14-15,21H,12-13,16H2,1-3H3/t21-/m0/s1. The lowest BCUT2D eigenvalue weighted by atomic mass is 9.91. The van der Waals surface area contributed by atoms with Crippen molar-refractivity contribution in [2.24, 2.45) is 0 Å². The highest BCUT2D eigenvalue weighted by molar-refractivity contribution is 9.10. The minimum atomic E-state index is -0.321. The van der Waals surface area contributed by atoms with Gasteiger partial charge in [-0.2, -0.15) is 0 Å². The average molecular weight is 512 g/mol. The van der Waals surface area contributed by atoms with Crippen LogP contribution in [0.4, 0.5) is 0 Å². The van der Waals surface area contributed by atoms with Crippen molar-refractivity contribution in [3.05, 3.63) is 81.8 Å². The second-order valence-corrected chi connectivity index (χ2v) is 8.47. The number of amides is 1. The fourth-order valence-corrected chi connectivity index (χ4v) is 4.60. The third kappa shape index (κ3) is 4.64. The lowest BCUT2D eigenvalue weighted by Crippen LogP contribution is -2.42. The summed E-state index contributed by atoms with van der Waals surface area (Å²) in [6, 6.07) is 18.6. The highest BCUT2D eigenvalue weighted by atomic mass is 79.9. The molecule has 1 heterocycles. The average Bonchev–Trinajstić information content (AvgIpc) is 2.86. The van der Waals surface area contributed by atoms with E-state index in [4.69, 9.17) is 18.9 Å². The number of carbonyl (C=O) groups excluding carboxylic acids is 1. The smallest absolute Gasteiger partial charge is 0.255 e. The molecule has 0 saturated heterocycles. The zero-order chi connectivity index (χ0) is 23.4. The number of halogens is 1. The fourth-order valence-electron chi connectivity index (χ4n) is 4.15. The SMILES string of the molecule is COc1cc2c(cc1OC)[C@H](COc1ccccc1OC)N(C(=O)c1ccccc1Br)CC2. The first-order valence-electron chi connectivity index (χ1n) is 10.6. The van der Waals surface area contributed by atoms with Crippen LogP contribution in [0.2, 0.25) is 0 Å². The summed E-state index contributed by atoms with van der Waals surface area (Å²) in [6.45, 7) is 0.821. The van der Waals surface area contributed by atoms with E-state index in [2.05, 4.69) is 15.9 Å². The van der Waals surface area contributed by atoms with Crippen LogP contribution in [0.1, 0.15) is 27.5 Å². The number of rotatable bonds is 7. The van der Waals surface area contributed by atoms with Gasteiger partial charge in [0.05, 0.1) is 32.9 Å². The van der Waals surface area contributed by atoms with Gasteiger partial charge in [-0.1, -0.05) is 24.3 Å². The van der Waals surface area contributed by atoms with Crippen molar-refractivity contribution in [2.75, 3.05) is 34.5 Å². The Bertz CT molecular complexity index is 1150. The molecule has 0 bridgehead atoms. The van der Waals surface area contributed by atoms with Crippen molar-refractivity contribution in [1.29, 1.82) is 0 Å². The zero-order valence-electron chi connectivity index (χ0n) is 18.8. The van der Waals surface area contributed by atoms with Crippen molar-refractivity contribution in [3.63, 3.8) is 0 Å². The third-order valence-corrected chi connectivity index (χ3v) is 6.53. The zero-order valence-corrected chi connectivity index (χ0v) is 20.4. The van der Waals surface area contributed by atoms with Crippen molar-refractivity contribution in [2.45, 2.75) is 12.5 Å². The van der Waals surface area contributed by atoms with Gasteiger partial charge in [-0.05, 0) is 69.9 Å². The molecule has 0 spiro atoms. The molecule has 33 heavy (non-hydrogen) atoms. The Morgan fingerprint density at radius 1 is 0.909 bits per heavy atom. The minimum absolute atomic E-state index is 0.0588. The van der Waals surface area contributed by atoms with Gasteiger partial charge in [0, 0.05) is 11.0 Å². The summed E-state index contributed by atoms with van der Waals surface area (Å²) in [4.78, 5) is 15.5. The summed E-state index contributed by atoms with van der Waals surface area (Å²) >= 11 is 3.52. The lowest BCUT2D eigenvalue weighted by molar-refractivity contribution is 0.0586. The lowest BCUT2D eigenvalue weighted by Gasteiger charge is -2.38. The van der Waals surface area contributed by atoms with Gasteiger partial charge in [-0.15, -0.1) is 0 Å². The molecule has 6 nitrogen and oxygen atoms in total. The van der Waals surface area contributed by atoms with Gasteiger partial charge >= 0.3 is 0 Å². The molecule has 0 saturated carbocycles. The molecule has 3 aromatic rings. The van der Waals surface area contributed by atoms with Gasteiger partial charge in [0.25, 0.3) is 5.91 Å². The number of benzene rings is 3. The normalized spacial score (nSPS) is 14.9. The number of fused-ring (bicyclic) bond motifs is 1. The van der Waals surface area contributed by atoms with Crippen LogP contribution in [-0.2, 0) is 6.42 Å². The van der Waals surface area contributed by atoms with E-state index in [1.54, 1.807) is 21.3 Å². The topological polar surface area (TPSA) is 57.2 Å². The van der Waals surface area contributed by atoms with E-state index < -0.39 is 0 Å². The Morgan fingerprint density at radius 3 is 2.24 bits per heavy atom. The summed E-state index contributed by atoms with van der Waals surface area (Å²) in [7, 11) is 4.84. The quantitative estimate of drug-likeness (QED) is 0.431. The molecule has 0 aromatic heterocycles. The molecule has 0 fully saturated rings. The van der Waals surface area contributed by atoms with E-state index in [0.717, 1.165) is 15.6 Å². The second-order valence-electron chi connectivity index (χ2n) is 7.61. The molecular weight excluding hydrogens is 486 g/mol. The number of carbonyl (C=O) groups is 1. The molecule has 1 aliphatic rings. The highest BCUT2D eigenvalue weighted by Crippen LogP contribution is 2.40. The van der Waals surface area contributed by atoms with E-state index in [0.29, 0.717) is 41.5 Å². The number of nitrogens with zero attached hydrogens (tertiary/aromatic N) is 1. The highest BCUT2D eigenvalue weighted by Gasteiger charge is 2.34. The summed E-state index contributed by atoms with van der Waals surface area (Å²) < 4.78 is 23.4. The van der Waals surface area contributed by atoms with Crippen LogP contribution < -0.4 is 18.9 Å². The molecule has 0 radical (unpaired) electrons. The van der Waals surface area contributed by atoms with Gasteiger partial charge in [-0.3, -0.25) is 4.79 Å². The second kappa shape index (κ2) is 10.2. The Morgan fingerprint density at radius 2 is 1.55 bits per heavy atom. The van der Waals surface area contributed by atoms with Crippen LogP contribution in [0, 0.1) is 0 Å². The molecule has 4 rings (SSSR count). The number of para-hydroxylation sites is 2. The predicted molar refractivity (Wildman–Crippen MR) is 130 cm³/mol. The van der Waals surface area contributed by atoms with Crippen LogP contribution >= 0.6 is 15.9 Å². The first-order chi connectivity index (χ1) is 16.1. The van der Waals surface area contributed by atoms with E-state index in [9.17, 15) is 4.79 Å². The Kier molecular flexibility index (Phi) is 7.08. The summed E-state index contributed by atoms with van der Waals surface area (Å²) in [6.07, 6.45) is 0.705. The van der Waals surface area contributed by atoms with Crippen LogP contribution in [0.5, 0.6) is 23.0 Å². The maximum atomic E-state index is 13.6. The van der Waals surface area contributed by atoms with Crippen LogP contribution in [0.3, 0.4) is 0 Å². The molecule has 0 aliphatic carbocycles. The van der Waals surface area contributed by atoms with Crippen molar-refractivity contribution >= 4 is 21.8 Å². The number of hydrogen-bond acceptors (Lipinski definition) is 5. The number of methoxy groups -OCH3 is 3. The maximum Gasteiger partial charge on any atom is 0.255 e. The molecule has 0 N–H and O–H groups in total. The van der Waals surface area contributed by atoms with Crippen LogP contribution in [-0.4, -0.2) is 45.3 Å². The minimum Gasteiger partial charge on any atom is -0.493 e. The van der Waals surface area contributed by atoms with Gasteiger partial charge in [0.2, 0.25) is 0 Å². The molecular formula is C26H26BrNO5. The van der Waals surface area contributed by atoms with Crippen molar-refractivity contribution < 1.29 is 23.7 Å². The Labute approximate surface area is 202 Å². The van der Waals surface area contributed by atoms with E-state index in [1.807, 2.05) is 65.6 Å². The Hall–Kier alpha value is -3.19. The van der Waals surface area contributed by atoms with Crippen LogP contribution in [0.25, 0.3) is 0 Å². The van der Waals surface area contributed by atoms with Gasteiger partial charge in [-0.25, -0.2) is 0 Å². The first kappa shape index (κ1) is 23.0. The molecule has 0 unspecified atom stereocenters. The molecule has 3 aromatic carbocycles. The summed E-state index contributed by atoms with van der Waals surface area (Å²) in [5, 5.41) is 0. The van der Waals surface area contributed by atoms with Gasteiger partial charge in [0.1, 0.15) is 6.61 Å². The van der Waals surface area contributed by atoms with E-state index in [-0.39, 0.29) is 18.6 Å². The first-order valence-corrected chi connectivity index (χ1v) is 11.4. The summed E-state index contributed by atoms with van der Waals surface area (Å²) in [5.74, 6) is 2.50. The number of hydrogen-bond donors (Lipinski definition) is 0. The molecule has 1 aliphatic heterocycles. The van der Waals surface area contributed by atoms with Gasteiger partial charge in [0.15, 0.2) is 23.0 Å². The molecule has 1 atom stereocenters. The van der Waals surface area contributed by atoms with Crippen LogP contribution in [0.15, 0.2) is 65.1 Å². The van der Waals surface area contributed by atoms with E-state index >= 15 is 0 Å². The number of ether oxygens (including phenoxy) is 4. The largest absolute Gasteiger partial charge is 0.493 e. The summed E-state index contributed by atoms with van der Waals surface area (Å²) in [5.41, 5.74) is 2.70. The Balaban J connectivity index is 1.73. The maximum absolute atomic E-state index is 13.6. The van der Waals surface area contributed by atoms with Crippen molar-refractivity contribution in [3.8, 4) is 23.0 Å². The third-order valence-electron chi connectivity index (χ3n) is 5.83. The molecule has 172 valence electrons. The monoisotopic (exact) mass is 511 g/mol. The fraction of sp³-hybridized carbons (Fsp3) is 0.269. The molecule has 7 heteroatoms. The van der Waals surface area contributed by atoms with Gasteiger partial charge < -0.3 is 23.8 Å². The molecule has 1 amide bonds. The van der Waals surface area contributed by atoms with Crippen molar-refractivity contribution in [1.82, 2.24) is 4.90 Å². The predicted octanol–water partition coefficient (Wildman–Crippen LogP) is 5.29.